The van der Waals surface area contributed by atoms with E-state index in [4.69, 9.17) is 9.84 Å². The highest BCUT2D eigenvalue weighted by molar-refractivity contribution is 5.93. The van der Waals surface area contributed by atoms with Gasteiger partial charge in [-0.3, -0.25) is 13.8 Å². The molecule has 34 heavy (non-hydrogen) atoms. The van der Waals surface area contributed by atoms with Crippen LogP contribution in [0.5, 0.6) is 5.75 Å². The molecule has 0 atom stereocenters. The fourth-order valence-corrected chi connectivity index (χ4v) is 4.54. The van der Waals surface area contributed by atoms with Crippen LogP contribution < -0.4 is 10.1 Å². The molecule has 1 saturated carbocycles. The van der Waals surface area contributed by atoms with Crippen molar-refractivity contribution in [3.05, 3.63) is 54.7 Å². The van der Waals surface area contributed by atoms with Crippen LogP contribution in [0, 0.1) is 5.82 Å². The Morgan fingerprint density at radius 1 is 1.15 bits per heavy atom. The quantitative estimate of drug-likeness (QED) is 0.390. The number of ether oxygens (including phenoxy) is 1. The second-order valence-electron chi connectivity index (χ2n) is 8.77. The maximum absolute atomic E-state index is 13.9. The highest BCUT2D eigenvalue weighted by atomic mass is 19.1. The highest BCUT2D eigenvalue weighted by Gasteiger charge is 2.24. The number of benzene rings is 1. The molecule has 1 aromatic carbocycles. The summed E-state index contributed by atoms with van der Waals surface area (Å²) in [5, 5.41) is 13.4. The van der Waals surface area contributed by atoms with Crippen molar-refractivity contribution in [2.24, 2.45) is 7.05 Å². The molecule has 1 N–H and O–H groups in total. The van der Waals surface area contributed by atoms with Crippen molar-refractivity contribution >= 4 is 16.7 Å². The molecular weight excluding hydrogens is 438 g/mol. The Morgan fingerprint density at radius 3 is 2.71 bits per heavy atom. The largest absolute Gasteiger partial charge is 0.487 e. The van der Waals surface area contributed by atoms with Crippen molar-refractivity contribution < 1.29 is 13.5 Å². The number of nitrogens with zero attached hydrogens (tertiary/aromatic N) is 5. The molecule has 9 heteroatoms. The molecule has 4 aromatic rings. The lowest BCUT2D eigenvalue weighted by Crippen LogP contribution is -2.31. The molecule has 5 rings (SSSR count). The van der Waals surface area contributed by atoms with E-state index in [1.54, 1.807) is 29.1 Å². The third-order valence-corrected chi connectivity index (χ3v) is 6.27. The van der Waals surface area contributed by atoms with Gasteiger partial charge in [-0.1, -0.05) is 12.1 Å². The van der Waals surface area contributed by atoms with Gasteiger partial charge in [0.15, 0.2) is 11.6 Å². The SMILES string of the molecule is Cn1cc(-c2nn(CCCF)c3cc(NC4CCC(Oc5ccccc5F)CC4)ncc23)cn1. The second kappa shape index (κ2) is 9.79. The van der Waals surface area contributed by atoms with E-state index in [2.05, 4.69) is 15.4 Å². The lowest BCUT2D eigenvalue weighted by atomic mass is 9.93. The molecular formula is C25H28F2N6O. The number of alkyl halides is 1. The smallest absolute Gasteiger partial charge is 0.165 e. The monoisotopic (exact) mass is 466 g/mol. The summed E-state index contributed by atoms with van der Waals surface area (Å²) in [6, 6.07) is 8.78. The molecule has 0 unspecified atom stereocenters. The van der Waals surface area contributed by atoms with Crippen molar-refractivity contribution in [2.45, 2.75) is 50.8 Å². The zero-order chi connectivity index (χ0) is 23.5. The first-order chi connectivity index (χ1) is 16.6. The fraction of sp³-hybridized carbons (Fsp3) is 0.400. The first kappa shape index (κ1) is 22.3. The Balaban J connectivity index is 1.29. The van der Waals surface area contributed by atoms with Crippen LogP contribution in [-0.2, 0) is 13.6 Å². The third kappa shape index (κ3) is 4.73. The lowest BCUT2D eigenvalue weighted by Gasteiger charge is -2.30. The van der Waals surface area contributed by atoms with Crippen LogP contribution in [0.1, 0.15) is 32.1 Å². The molecule has 1 aliphatic carbocycles. The van der Waals surface area contributed by atoms with E-state index in [0.29, 0.717) is 18.7 Å². The minimum absolute atomic E-state index is 0.00885. The number of fused-ring (bicyclic) bond motifs is 1. The van der Waals surface area contributed by atoms with E-state index in [1.807, 2.05) is 30.2 Å². The molecule has 0 bridgehead atoms. The number of hydrogen-bond donors (Lipinski definition) is 1. The number of pyridine rings is 1. The Morgan fingerprint density at radius 2 is 1.97 bits per heavy atom. The number of anilines is 1. The predicted octanol–water partition coefficient (Wildman–Crippen LogP) is 5.13. The van der Waals surface area contributed by atoms with Gasteiger partial charge in [0.05, 0.1) is 24.5 Å². The number of nitrogens with one attached hydrogen (secondary N) is 1. The molecule has 1 fully saturated rings. The summed E-state index contributed by atoms with van der Waals surface area (Å²) in [6.07, 6.45) is 9.41. The van der Waals surface area contributed by atoms with Crippen LogP contribution >= 0.6 is 0 Å². The van der Waals surface area contributed by atoms with Crippen molar-refractivity contribution in [1.29, 1.82) is 0 Å². The van der Waals surface area contributed by atoms with Crippen LogP contribution in [0.2, 0.25) is 0 Å². The van der Waals surface area contributed by atoms with Crippen molar-refractivity contribution in [3.63, 3.8) is 0 Å². The third-order valence-electron chi connectivity index (χ3n) is 6.27. The number of halogens is 2. The van der Waals surface area contributed by atoms with Gasteiger partial charge in [-0.05, 0) is 44.2 Å². The van der Waals surface area contributed by atoms with Gasteiger partial charge in [0.2, 0.25) is 0 Å². The summed E-state index contributed by atoms with van der Waals surface area (Å²) in [5.74, 6) is 0.761. The Kier molecular flexibility index (Phi) is 6.42. The summed E-state index contributed by atoms with van der Waals surface area (Å²) in [5.41, 5.74) is 2.62. The van der Waals surface area contributed by atoms with E-state index in [9.17, 15) is 8.78 Å². The summed E-state index contributed by atoms with van der Waals surface area (Å²) in [4.78, 5) is 4.64. The van der Waals surface area contributed by atoms with Gasteiger partial charge < -0.3 is 10.1 Å². The molecule has 7 nitrogen and oxygen atoms in total. The van der Waals surface area contributed by atoms with Gasteiger partial charge >= 0.3 is 0 Å². The fourth-order valence-electron chi connectivity index (χ4n) is 4.54. The summed E-state index contributed by atoms with van der Waals surface area (Å²) in [7, 11) is 1.86. The van der Waals surface area contributed by atoms with E-state index in [1.165, 1.54) is 6.07 Å². The average molecular weight is 467 g/mol. The second-order valence-corrected chi connectivity index (χ2v) is 8.77. The first-order valence-electron chi connectivity index (χ1n) is 11.7. The van der Waals surface area contributed by atoms with Gasteiger partial charge in [-0.25, -0.2) is 9.37 Å². The topological polar surface area (TPSA) is 69.8 Å². The van der Waals surface area contributed by atoms with E-state index in [-0.39, 0.29) is 18.0 Å². The van der Waals surface area contributed by atoms with E-state index in [0.717, 1.165) is 53.7 Å². The number of hydrogen-bond acceptors (Lipinski definition) is 5. The number of aryl methyl sites for hydroxylation is 2. The number of rotatable bonds is 8. The van der Waals surface area contributed by atoms with E-state index >= 15 is 0 Å². The summed E-state index contributed by atoms with van der Waals surface area (Å²) in [6.45, 7) is 0.104. The summed E-state index contributed by atoms with van der Waals surface area (Å²) >= 11 is 0. The molecule has 3 heterocycles. The average Bonchev–Trinajstić information content (AvgIpc) is 3.43. The maximum Gasteiger partial charge on any atom is 0.165 e. The van der Waals surface area contributed by atoms with E-state index < -0.39 is 6.67 Å². The zero-order valence-electron chi connectivity index (χ0n) is 19.1. The van der Waals surface area contributed by atoms with Gasteiger partial charge in [0, 0.05) is 49.0 Å². The Hall–Kier alpha value is -3.49. The first-order valence-corrected chi connectivity index (χ1v) is 11.7. The number of aromatic nitrogens is 5. The van der Waals surface area contributed by atoms with Crippen molar-refractivity contribution in [1.82, 2.24) is 24.5 Å². The molecule has 1 aliphatic rings. The van der Waals surface area contributed by atoms with Gasteiger partial charge in [0.1, 0.15) is 11.5 Å². The molecule has 0 aliphatic heterocycles. The lowest BCUT2D eigenvalue weighted by molar-refractivity contribution is 0.144. The van der Waals surface area contributed by atoms with Gasteiger partial charge in [-0.2, -0.15) is 10.2 Å². The van der Waals surface area contributed by atoms with Crippen LogP contribution in [0.25, 0.3) is 22.2 Å². The molecule has 3 aromatic heterocycles. The molecule has 0 radical (unpaired) electrons. The van der Waals surface area contributed by atoms with Crippen LogP contribution in [0.3, 0.4) is 0 Å². The minimum Gasteiger partial charge on any atom is -0.487 e. The molecule has 0 spiro atoms. The van der Waals surface area contributed by atoms with Crippen LogP contribution in [0.4, 0.5) is 14.6 Å². The zero-order valence-corrected chi connectivity index (χ0v) is 19.1. The standard InChI is InChI=1S/C25H28F2N6O/c1-32-16-17(14-29-32)25-20-15-28-24(13-22(20)33(31-25)12-4-11-26)30-18-7-9-19(10-8-18)34-23-6-3-2-5-21(23)27/h2-3,5-6,13-16,18-19H,4,7-12H2,1H3,(H,28,30). The molecule has 0 saturated heterocycles. The molecule has 0 amide bonds. The Bertz CT molecular complexity index is 1260. The van der Waals surface area contributed by atoms with Gasteiger partial charge in [0.25, 0.3) is 0 Å². The number of para-hydroxylation sites is 1. The highest BCUT2D eigenvalue weighted by Crippen LogP contribution is 2.31. The van der Waals surface area contributed by atoms with Crippen LogP contribution in [-0.4, -0.2) is 43.4 Å². The van der Waals surface area contributed by atoms with Gasteiger partial charge in [-0.15, -0.1) is 0 Å². The Labute approximate surface area is 196 Å². The minimum atomic E-state index is -0.391. The van der Waals surface area contributed by atoms with Crippen LogP contribution in [0.15, 0.2) is 48.9 Å². The normalized spacial score (nSPS) is 18.3. The molecule has 178 valence electrons. The van der Waals surface area contributed by atoms with Crippen molar-refractivity contribution in [3.8, 4) is 17.0 Å². The summed E-state index contributed by atoms with van der Waals surface area (Å²) < 4.78 is 36.2. The maximum atomic E-state index is 13.9. The van der Waals surface area contributed by atoms with Crippen molar-refractivity contribution in [2.75, 3.05) is 12.0 Å². The predicted molar refractivity (Wildman–Crippen MR) is 127 cm³/mol.